The van der Waals surface area contributed by atoms with Crippen LogP contribution in [0.2, 0.25) is 0 Å². The summed E-state index contributed by atoms with van der Waals surface area (Å²) in [6.07, 6.45) is 0.370. The summed E-state index contributed by atoms with van der Waals surface area (Å²) in [5, 5.41) is 10.5. The van der Waals surface area contributed by atoms with Gasteiger partial charge in [0.1, 0.15) is 5.75 Å². The summed E-state index contributed by atoms with van der Waals surface area (Å²) in [7, 11) is 0. The van der Waals surface area contributed by atoms with Gasteiger partial charge in [0.2, 0.25) is 0 Å². The van der Waals surface area contributed by atoms with Crippen molar-refractivity contribution in [2.24, 2.45) is 5.92 Å². The molecule has 0 fully saturated rings. The Kier molecular flexibility index (Phi) is 3.58. The summed E-state index contributed by atoms with van der Waals surface area (Å²) in [5.74, 6) is 0.891. The smallest absolute Gasteiger partial charge is 0.126 e. The van der Waals surface area contributed by atoms with E-state index in [0.717, 1.165) is 22.2 Å². The lowest BCUT2D eigenvalue weighted by Crippen LogP contribution is -2.27. The quantitative estimate of drug-likeness (QED) is 0.914. The number of fused-ring (bicyclic) bond motifs is 1. The molecule has 1 aliphatic heterocycles. The molecular weight excluding hydrogens is 304 g/mol. The van der Waals surface area contributed by atoms with Gasteiger partial charge >= 0.3 is 0 Å². The molecule has 2 nitrogen and oxygen atoms in total. The molecule has 0 amide bonds. The molecule has 2 aromatic carbocycles. The standard InChI is InChI=1S/C16H15BrO2/c17-13-6-7-14-15(9-13)19-10-12(16(14)18)8-11-4-2-1-3-5-11/h1-7,9,12,16,18H,8,10H2/t12-,16-/m0/s1. The van der Waals surface area contributed by atoms with Gasteiger partial charge < -0.3 is 9.84 Å². The van der Waals surface area contributed by atoms with Gasteiger partial charge in [0.05, 0.1) is 12.7 Å². The average molecular weight is 319 g/mol. The molecule has 2 atom stereocenters. The number of halogens is 1. The Balaban J connectivity index is 1.82. The Labute approximate surface area is 121 Å². The van der Waals surface area contributed by atoms with E-state index in [9.17, 15) is 5.11 Å². The van der Waals surface area contributed by atoms with Crippen LogP contribution in [-0.4, -0.2) is 11.7 Å². The number of ether oxygens (including phenoxy) is 1. The molecule has 3 heteroatoms. The van der Waals surface area contributed by atoms with Crippen molar-refractivity contribution in [2.75, 3.05) is 6.61 Å². The van der Waals surface area contributed by atoms with Crippen LogP contribution in [0.5, 0.6) is 5.75 Å². The van der Waals surface area contributed by atoms with E-state index in [0.29, 0.717) is 6.61 Å². The third kappa shape index (κ3) is 2.67. The molecule has 1 heterocycles. The van der Waals surface area contributed by atoms with Gasteiger partial charge in [-0.1, -0.05) is 52.3 Å². The minimum absolute atomic E-state index is 0.107. The predicted molar refractivity (Wildman–Crippen MR) is 78.2 cm³/mol. The fraction of sp³-hybridized carbons (Fsp3) is 0.250. The lowest BCUT2D eigenvalue weighted by Gasteiger charge is -2.30. The molecule has 0 aromatic heterocycles. The van der Waals surface area contributed by atoms with E-state index in [1.54, 1.807) is 0 Å². The molecule has 0 aliphatic carbocycles. The Morgan fingerprint density at radius 2 is 1.95 bits per heavy atom. The molecule has 98 valence electrons. The Hall–Kier alpha value is -1.32. The van der Waals surface area contributed by atoms with E-state index < -0.39 is 6.10 Å². The SMILES string of the molecule is O[C@@H]1c2ccc(Br)cc2OC[C@@H]1Cc1ccccc1. The zero-order chi connectivity index (χ0) is 13.2. The van der Waals surface area contributed by atoms with Crippen LogP contribution in [0.3, 0.4) is 0 Å². The lowest BCUT2D eigenvalue weighted by molar-refractivity contribution is 0.0507. The first kappa shape index (κ1) is 12.7. The molecule has 1 aliphatic rings. The summed E-state index contributed by atoms with van der Waals surface area (Å²) >= 11 is 3.42. The zero-order valence-corrected chi connectivity index (χ0v) is 12.0. The largest absolute Gasteiger partial charge is 0.493 e. The van der Waals surface area contributed by atoms with Gasteiger partial charge in [0.15, 0.2) is 0 Å². The van der Waals surface area contributed by atoms with Crippen LogP contribution in [0.4, 0.5) is 0 Å². The van der Waals surface area contributed by atoms with E-state index in [1.165, 1.54) is 5.56 Å². The van der Waals surface area contributed by atoms with Crippen LogP contribution >= 0.6 is 15.9 Å². The number of hydrogen-bond donors (Lipinski definition) is 1. The van der Waals surface area contributed by atoms with E-state index in [1.807, 2.05) is 36.4 Å². The van der Waals surface area contributed by atoms with E-state index in [4.69, 9.17) is 4.74 Å². The van der Waals surface area contributed by atoms with Gasteiger partial charge in [-0.15, -0.1) is 0 Å². The van der Waals surface area contributed by atoms with Crippen LogP contribution in [-0.2, 0) is 6.42 Å². The Bertz CT molecular complexity index is 568. The van der Waals surface area contributed by atoms with Crippen molar-refractivity contribution < 1.29 is 9.84 Å². The second-order valence-electron chi connectivity index (χ2n) is 4.89. The molecular formula is C16H15BrO2. The molecule has 0 saturated heterocycles. The topological polar surface area (TPSA) is 29.5 Å². The second-order valence-corrected chi connectivity index (χ2v) is 5.80. The second kappa shape index (κ2) is 5.35. The first-order chi connectivity index (χ1) is 9.24. The maximum atomic E-state index is 10.5. The number of aliphatic hydroxyl groups is 1. The summed E-state index contributed by atoms with van der Waals surface area (Å²) in [5.41, 5.74) is 2.12. The maximum absolute atomic E-state index is 10.5. The van der Waals surface area contributed by atoms with Gasteiger partial charge in [-0.25, -0.2) is 0 Å². The van der Waals surface area contributed by atoms with Gasteiger partial charge in [-0.05, 0) is 24.1 Å². The molecule has 0 bridgehead atoms. The third-order valence-corrected chi connectivity index (χ3v) is 4.03. The maximum Gasteiger partial charge on any atom is 0.126 e. The predicted octanol–water partition coefficient (Wildman–Crippen LogP) is 3.73. The van der Waals surface area contributed by atoms with Crippen molar-refractivity contribution in [1.82, 2.24) is 0 Å². The molecule has 19 heavy (non-hydrogen) atoms. The summed E-state index contributed by atoms with van der Waals surface area (Å²) in [6, 6.07) is 16.0. The summed E-state index contributed by atoms with van der Waals surface area (Å²) < 4.78 is 6.74. The highest BCUT2D eigenvalue weighted by Gasteiger charge is 2.29. The van der Waals surface area contributed by atoms with Crippen molar-refractivity contribution >= 4 is 15.9 Å². The zero-order valence-electron chi connectivity index (χ0n) is 10.4. The van der Waals surface area contributed by atoms with Gasteiger partial charge in [0.25, 0.3) is 0 Å². The van der Waals surface area contributed by atoms with Crippen molar-refractivity contribution in [2.45, 2.75) is 12.5 Å². The number of hydrogen-bond acceptors (Lipinski definition) is 2. The van der Waals surface area contributed by atoms with E-state index in [2.05, 4.69) is 28.1 Å². The van der Waals surface area contributed by atoms with Crippen LogP contribution in [0.1, 0.15) is 17.2 Å². The normalized spacial score (nSPS) is 21.6. The van der Waals surface area contributed by atoms with Gasteiger partial charge in [-0.3, -0.25) is 0 Å². The number of benzene rings is 2. The Morgan fingerprint density at radius 3 is 2.74 bits per heavy atom. The minimum Gasteiger partial charge on any atom is -0.493 e. The summed E-state index contributed by atoms with van der Waals surface area (Å²) in [6.45, 7) is 0.555. The van der Waals surface area contributed by atoms with Crippen molar-refractivity contribution in [3.63, 3.8) is 0 Å². The highest BCUT2D eigenvalue weighted by molar-refractivity contribution is 9.10. The number of aliphatic hydroxyl groups excluding tert-OH is 1. The minimum atomic E-state index is -0.461. The van der Waals surface area contributed by atoms with E-state index in [-0.39, 0.29) is 5.92 Å². The lowest BCUT2D eigenvalue weighted by atomic mass is 9.88. The monoisotopic (exact) mass is 318 g/mol. The van der Waals surface area contributed by atoms with Crippen LogP contribution in [0.15, 0.2) is 53.0 Å². The Morgan fingerprint density at radius 1 is 1.16 bits per heavy atom. The molecule has 0 spiro atoms. The van der Waals surface area contributed by atoms with Crippen molar-refractivity contribution in [3.05, 3.63) is 64.1 Å². The van der Waals surface area contributed by atoms with Crippen molar-refractivity contribution in [3.8, 4) is 5.75 Å². The first-order valence-corrected chi connectivity index (χ1v) is 7.17. The molecule has 0 radical (unpaired) electrons. The molecule has 2 aromatic rings. The fourth-order valence-corrected chi connectivity index (χ4v) is 2.85. The van der Waals surface area contributed by atoms with Gasteiger partial charge in [-0.2, -0.15) is 0 Å². The molecule has 0 unspecified atom stereocenters. The summed E-state index contributed by atoms with van der Waals surface area (Å²) in [4.78, 5) is 0. The van der Waals surface area contributed by atoms with Gasteiger partial charge in [0, 0.05) is 16.0 Å². The fourth-order valence-electron chi connectivity index (χ4n) is 2.51. The highest BCUT2D eigenvalue weighted by atomic mass is 79.9. The average Bonchev–Trinajstić information content (AvgIpc) is 2.43. The van der Waals surface area contributed by atoms with Crippen LogP contribution in [0, 0.1) is 5.92 Å². The number of rotatable bonds is 2. The third-order valence-electron chi connectivity index (χ3n) is 3.53. The highest BCUT2D eigenvalue weighted by Crippen LogP contribution is 2.38. The first-order valence-electron chi connectivity index (χ1n) is 6.38. The molecule has 0 saturated carbocycles. The van der Waals surface area contributed by atoms with Crippen LogP contribution < -0.4 is 4.74 Å². The van der Waals surface area contributed by atoms with Crippen molar-refractivity contribution in [1.29, 1.82) is 0 Å². The van der Waals surface area contributed by atoms with Crippen LogP contribution in [0.25, 0.3) is 0 Å². The molecule has 1 N–H and O–H groups in total. The molecule has 3 rings (SSSR count). The van der Waals surface area contributed by atoms with E-state index >= 15 is 0 Å².